The maximum atomic E-state index is 13.0. The highest BCUT2D eigenvalue weighted by Crippen LogP contribution is 2.42. The summed E-state index contributed by atoms with van der Waals surface area (Å²) in [6.07, 6.45) is 11.0. The van der Waals surface area contributed by atoms with E-state index in [0.717, 1.165) is 65.3 Å². The Labute approximate surface area is 761 Å². The highest BCUT2D eigenvalue weighted by molar-refractivity contribution is 7.09. The van der Waals surface area contributed by atoms with Crippen molar-refractivity contribution >= 4 is 104 Å². The van der Waals surface area contributed by atoms with Gasteiger partial charge < -0.3 is 9.40 Å². The van der Waals surface area contributed by atoms with Gasteiger partial charge in [-0.3, -0.25) is 0 Å². The van der Waals surface area contributed by atoms with Crippen LogP contribution in [-0.4, -0.2) is 19.9 Å². The average Bonchev–Trinajstić information content (AvgIpc) is 1.27. The third kappa shape index (κ3) is 37.1. The van der Waals surface area contributed by atoms with Crippen LogP contribution in [0.3, 0.4) is 0 Å². The Bertz CT molecular complexity index is 4040. The predicted octanol–water partition coefficient (Wildman–Crippen LogP) is 37.9. The minimum Gasteiger partial charge on any atom is -0.449 e. The number of oxazole rings is 1. The highest BCUT2D eigenvalue weighted by Gasteiger charge is 2.28. The Morgan fingerprint density at radius 1 is 0.322 bits per heavy atom. The summed E-state index contributed by atoms with van der Waals surface area (Å²) in [5.41, 5.74) is 16.0. The third-order valence-electron chi connectivity index (χ3n) is 19.9. The van der Waals surface area contributed by atoms with Gasteiger partial charge in [0.2, 0.25) is 0 Å². The zero-order chi connectivity index (χ0) is 90.9. The molecule has 0 amide bonds. The van der Waals surface area contributed by atoms with Gasteiger partial charge in [-0.25, -0.2) is 19.3 Å². The Morgan fingerprint density at radius 3 is 0.771 bits per heavy atom. The molecule has 654 valence electrons. The van der Waals surface area contributed by atoms with Crippen LogP contribution in [-0.2, 0) is 27.1 Å². The van der Waals surface area contributed by atoms with Crippen LogP contribution in [0.1, 0.15) is 398 Å². The first-order chi connectivity index (χ1) is 54.5. The fraction of sp³-hybridized carbons (Fsp3) is 0.505. The molecule has 5 nitrogen and oxygen atoms in total. The smallest absolute Gasteiger partial charge is 0.196 e. The molecule has 0 radical (unpaired) electrons. The number of halogens is 9. The molecule has 7 aromatic carbocycles. The number of aromatic amines is 1. The van der Waals surface area contributed by atoms with Gasteiger partial charge in [-0.1, -0.05) is 408 Å². The van der Waals surface area contributed by atoms with Crippen molar-refractivity contribution in [2.24, 2.45) is 0 Å². The number of benzene rings is 7. The first-order valence-electron chi connectivity index (χ1n) is 42.1. The van der Waals surface area contributed by atoms with E-state index in [0.29, 0.717) is 63.8 Å². The van der Waals surface area contributed by atoms with Crippen molar-refractivity contribution in [2.45, 2.75) is 341 Å². The molecular formula is C103H147Cl8FN4OS. The number of nitrogens with one attached hydrogen (secondary N) is 1. The van der Waals surface area contributed by atoms with Crippen molar-refractivity contribution in [1.29, 1.82) is 0 Å². The molecular weight excluding hydrogens is 1640 g/mol. The first-order valence-corrected chi connectivity index (χ1v) is 46.0. The fourth-order valence-corrected chi connectivity index (χ4v) is 16.7. The quantitative estimate of drug-likeness (QED) is 0.118. The topological polar surface area (TPSA) is 67.6 Å². The van der Waals surface area contributed by atoms with Gasteiger partial charge in [0.25, 0.3) is 0 Å². The first kappa shape index (κ1) is 111. The molecule has 3 aromatic heterocycles. The summed E-state index contributed by atoms with van der Waals surface area (Å²) in [4.78, 5) is 15.2. The largest absolute Gasteiger partial charge is 0.449 e. The molecule has 0 bridgehead atoms. The van der Waals surface area contributed by atoms with Gasteiger partial charge in [-0.05, 0) is 197 Å². The Balaban J connectivity index is 0.000000660. The summed E-state index contributed by atoms with van der Waals surface area (Å²) in [5.74, 6) is 6.13. The Hall–Kier alpha value is -5.16. The Kier molecular flexibility index (Phi) is 49.3. The van der Waals surface area contributed by atoms with Crippen molar-refractivity contribution in [3.63, 3.8) is 0 Å². The predicted molar refractivity (Wildman–Crippen MR) is 526 cm³/mol. The van der Waals surface area contributed by atoms with Crippen LogP contribution in [0.2, 0.25) is 40.2 Å². The number of thiazole rings is 1. The Morgan fingerprint density at radius 2 is 0.602 bits per heavy atom. The van der Waals surface area contributed by atoms with Crippen molar-refractivity contribution in [3.8, 4) is 0 Å². The van der Waals surface area contributed by atoms with E-state index in [1.165, 1.54) is 66.7 Å². The van der Waals surface area contributed by atoms with Gasteiger partial charge in [-0.15, -0.1) is 11.3 Å². The molecule has 0 atom stereocenters. The van der Waals surface area contributed by atoms with E-state index < -0.39 is 0 Å². The second-order valence-electron chi connectivity index (χ2n) is 37.3. The molecule has 0 unspecified atom stereocenters. The summed E-state index contributed by atoms with van der Waals surface area (Å²) in [6.45, 7) is 76.2. The number of rotatable bonds is 14. The van der Waals surface area contributed by atoms with Gasteiger partial charge >= 0.3 is 0 Å². The van der Waals surface area contributed by atoms with Gasteiger partial charge in [0.1, 0.15) is 17.9 Å². The number of imidazole rings is 1. The molecule has 15 heteroatoms. The molecule has 0 fully saturated rings. The van der Waals surface area contributed by atoms with E-state index in [-0.39, 0.29) is 38.8 Å². The lowest BCUT2D eigenvalue weighted by molar-refractivity contribution is 0.471. The standard InChI is InChI=1S/2C14H21Cl.3C13H19Cl.C9H10Cl2.C9H10ClF.C6H10N2.C6H9NO.C6H9NS/c2*1-6-14(4,5)11-8-7-9-12(15)13(11)10(2)3;3*1-9(2)12-10(13(3,4)5)7-6-8-11(12)14;2*1-6(2)9-7(10)4-3-5-8(9)11;3*1-5(2)6-7-3-4-8-6/h2*7-10H,6H2,1-5H3;3*6-9H,1-5H3;2*3-6H,1-2H3;3-5H,1-2H3,(H,7,8);2*3-5H,1-2H3. The van der Waals surface area contributed by atoms with Gasteiger partial charge in [0.05, 0.1) is 11.2 Å². The molecule has 0 aliphatic rings. The number of aromatic nitrogens is 4. The number of nitrogens with zero attached hydrogens (tertiary/aromatic N) is 3. The van der Waals surface area contributed by atoms with Crippen LogP contribution in [0.4, 0.5) is 4.39 Å². The van der Waals surface area contributed by atoms with Gasteiger partial charge in [0, 0.05) is 87.5 Å². The fourth-order valence-electron chi connectivity index (χ4n) is 12.9. The van der Waals surface area contributed by atoms with E-state index in [2.05, 4.69) is 277 Å². The summed E-state index contributed by atoms with van der Waals surface area (Å²) in [6, 6.07) is 41.5. The van der Waals surface area contributed by atoms with Crippen molar-refractivity contribution < 1.29 is 8.81 Å². The number of hydrogen-bond donors (Lipinski definition) is 1. The van der Waals surface area contributed by atoms with Gasteiger partial charge in [-0.2, -0.15) is 0 Å². The molecule has 0 aliphatic carbocycles. The summed E-state index contributed by atoms with van der Waals surface area (Å²) >= 11 is 50.7. The van der Waals surface area contributed by atoms with E-state index in [4.69, 9.17) is 97.2 Å². The maximum absolute atomic E-state index is 13.0. The molecule has 1 N–H and O–H groups in total. The van der Waals surface area contributed by atoms with Crippen LogP contribution in [0.15, 0.2) is 168 Å². The lowest BCUT2D eigenvalue weighted by Gasteiger charge is -2.28. The minimum atomic E-state index is -0.215. The number of hydrogen-bond acceptors (Lipinski definition) is 5. The van der Waals surface area contributed by atoms with Crippen molar-refractivity contribution in [1.82, 2.24) is 19.9 Å². The monoisotopic (exact) mass is 1790 g/mol. The normalized spacial score (nSPS) is 11.5. The lowest BCUT2D eigenvalue weighted by atomic mass is 9.77. The van der Waals surface area contributed by atoms with Crippen LogP contribution < -0.4 is 0 Å². The molecule has 0 saturated carbocycles. The van der Waals surface area contributed by atoms with Gasteiger partial charge in [0.15, 0.2) is 5.89 Å². The van der Waals surface area contributed by atoms with E-state index in [9.17, 15) is 4.39 Å². The van der Waals surface area contributed by atoms with Crippen LogP contribution in [0, 0.1) is 5.82 Å². The SMILES string of the molecule is CC(C)c1c(Cl)cccc1C(C)(C)C.CC(C)c1c(Cl)cccc1C(C)(C)C.CC(C)c1c(Cl)cccc1C(C)(C)C.CC(C)c1c(Cl)cccc1Cl.CC(C)c1c(F)cccc1Cl.CC(C)c1ncc[nH]1.CC(C)c1ncco1.CC(C)c1nccs1.CCC(C)(C)c1cccc(Cl)c1C(C)C.CCC(C)(C)c1cccc(Cl)c1C(C)C. The molecule has 0 saturated heterocycles. The summed E-state index contributed by atoms with van der Waals surface area (Å²) in [7, 11) is 0. The lowest BCUT2D eigenvalue weighted by Crippen LogP contribution is -2.18. The zero-order valence-electron chi connectivity index (χ0n) is 78.3. The van der Waals surface area contributed by atoms with Crippen LogP contribution >= 0.6 is 104 Å². The minimum absolute atomic E-state index is 0.142. The van der Waals surface area contributed by atoms with Crippen LogP contribution in [0.25, 0.3) is 0 Å². The van der Waals surface area contributed by atoms with Crippen molar-refractivity contribution in [2.75, 3.05) is 0 Å². The molecule has 10 aromatic rings. The second-order valence-corrected chi connectivity index (χ2v) is 41.4. The van der Waals surface area contributed by atoms with Crippen LogP contribution in [0.5, 0.6) is 0 Å². The maximum Gasteiger partial charge on any atom is 0.196 e. The molecule has 0 spiro atoms. The van der Waals surface area contributed by atoms with Crippen molar-refractivity contribution in [3.05, 3.63) is 293 Å². The zero-order valence-corrected chi connectivity index (χ0v) is 85.2. The summed E-state index contributed by atoms with van der Waals surface area (Å²) in [5, 5.41) is 9.76. The molecule has 118 heavy (non-hydrogen) atoms. The molecule has 10 rings (SSSR count). The van der Waals surface area contributed by atoms with E-state index >= 15 is 0 Å². The summed E-state index contributed by atoms with van der Waals surface area (Å²) < 4.78 is 18.0. The van der Waals surface area contributed by atoms with E-state index in [1.807, 2.05) is 112 Å². The van der Waals surface area contributed by atoms with E-state index in [1.54, 1.807) is 42.1 Å². The highest BCUT2D eigenvalue weighted by atomic mass is 35.5. The molecule has 3 heterocycles. The number of H-pyrrole nitrogens is 1. The molecule has 0 aliphatic heterocycles. The third-order valence-corrected chi connectivity index (χ3v) is 23.6. The second kappa shape index (κ2) is 52.5. The average molecular weight is 1790 g/mol.